The van der Waals surface area contributed by atoms with E-state index in [1.165, 1.54) is 18.4 Å². The van der Waals surface area contributed by atoms with Crippen LogP contribution < -0.4 is 0 Å². The minimum absolute atomic E-state index is 0.212. The number of hydrogen-bond donors (Lipinski definition) is 0. The summed E-state index contributed by atoms with van der Waals surface area (Å²) in [5.41, 5.74) is 1.09. The van der Waals surface area contributed by atoms with Crippen molar-refractivity contribution in [2.45, 2.75) is 71.8 Å². The average Bonchev–Trinajstić information content (AvgIpc) is 3.00. The molecule has 0 N–H and O–H groups in total. The Balaban J connectivity index is 1.80. The molecule has 0 bridgehead atoms. The van der Waals surface area contributed by atoms with E-state index in [1.54, 1.807) is 0 Å². The second kappa shape index (κ2) is 8.97. The molecule has 26 heavy (non-hydrogen) atoms. The van der Waals surface area contributed by atoms with Crippen molar-refractivity contribution in [3.8, 4) is 0 Å². The minimum atomic E-state index is -0.544. The number of ether oxygens (including phenoxy) is 1. The molecule has 1 aromatic heterocycles. The van der Waals surface area contributed by atoms with Crippen molar-refractivity contribution in [2.75, 3.05) is 0 Å². The van der Waals surface area contributed by atoms with E-state index in [9.17, 15) is 4.79 Å². The highest BCUT2D eigenvalue weighted by Gasteiger charge is 2.20. The smallest absolute Gasteiger partial charge is 0.334 e. The number of nitrogens with zero attached hydrogens (tertiary/aromatic N) is 2. The zero-order valence-corrected chi connectivity index (χ0v) is 16.4. The fourth-order valence-corrected chi connectivity index (χ4v) is 2.80. The van der Waals surface area contributed by atoms with Gasteiger partial charge in [-0.15, -0.1) is 0 Å². The van der Waals surface area contributed by atoms with E-state index in [4.69, 9.17) is 9.26 Å². The van der Waals surface area contributed by atoms with Gasteiger partial charge in [0.05, 0.1) is 6.42 Å². The Kier molecular flexibility index (Phi) is 6.95. The summed E-state index contributed by atoms with van der Waals surface area (Å²) in [6.45, 7) is 11.4. The van der Waals surface area contributed by atoms with Crippen LogP contribution in [0.1, 0.15) is 65.1 Å². The Hall–Kier alpha value is -2.17. The van der Waals surface area contributed by atoms with E-state index in [1.807, 2.05) is 20.8 Å². The van der Waals surface area contributed by atoms with Crippen molar-refractivity contribution in [3.05, 3.63) is 47.7 Å². The minimum Gasteiger partial charge on any atom is -0.457 e. The molecule has 2 rings (SSSR count). The number of aryl methyl sites for hydroxylation is 1. The number of carbonyl (C=O) groups excluding carboxylic acids is 1. The van der Waals surface area contributed by atoms with Crippen molar-refractivity contribution in [2.24, 2.45) is 5.92 Å². The average molecular weight is 358 g/mol. The fraction of sp³-hybridized carbons (Fsp3) is 0.571. The lowest BCUT2D eigenvalue weighted by Gasteiger charge is -2.19. The molecule has 5 nitrogen and oxygen atoms in total. The Labute approximate surface area is 156 Å². The van der Waals surface area contributed by atoms with Crippen LogP contribution in [0.15, 0.2) is 40.5 Å². The number of carbonyl (C=O) groups is 1. The van der Waals surface area contributed by atoms with Crippen LogP contribution in [0.4, 0.5) is 0 Å². The summed E-state index contributed by atoms with van der Waals surface area (Å²) in [6.07, 6.45) is 12.2. The van der Waals surface area contributed by atoms with Crippen molar-refractivity contribution < 1.29 is 14.1 Å². The molecule has 1 aliphatic rings. The van der Waals surface area contributed by atoms with Crippen LogP contribution in [-0.2, 0) is 22.4 Å². The molecule has 0 spiro atoms. The second-order valence-electron chi connectivity index (χ2n) is 7.81. The van der Waals surface area contributed by atoms with Crippen molar-refractivity contribution in [3.63, 3.8) is 0 Å². The second-order valence-corrected chi connectivity index (χ2v) is 7.81. The molecule has 0 aromatic carbocycles. The molecular weight excluding hydrogens is 328 g/mol. The normalized spacial score (nSPS) is 17.1. The van der Waals surface area contributed by atoms with E-state index < -0.39 is 11.6 Å². The molecule has 1 atom stereocenters. The Bertz CT molecular complexity index is 692. The third-order valence-electron chi connectivity index (χ3n) is 4.12. The summed E-state index contributed by atoms with van der Waals surface area (Å²) in [7, 11) is 0. The maximum absolute atomic E-state index is 11.9. The van der Waals surface area contributed by atoms with Gasteiger partial charge in [-0.25, -0.2) is 4.79 Å². The predicted octanol–water partition coefficient (Wildman–Crippen LogP) is 4.75. The van der Waals surface area contributed by atoms with Gasteiger partial charge in [-0.1, -0.05) is 48.9 Å². The zero-order valence-electron chi connectivity index (χ0n) is 16.4. The van der Waals surface area contributed by atoms with Gasteiger partial charge in [0.1, 0.15) is 5.60 Å². The van der Waals surface area contributed by atoms with Crippen molar-refractivity contribution in [1.29, 1.82) is 0 Å². The van der Waals surface area contributed by atoms with E-state index in [-0.39, 0.29) is 6.42 Å². The zero-order chi connectivity index (χ0) is 19.2. The van der Waals surface area contributed by atoms with Crippen LogP contribution in [-0.4, -0.2) is 21.7 Å². The van der Waals surface area contributed by atoms with Crippen molar-refractivity contribution in [1.82, 2.24) is 10.1 Å². The Morgan fingerprint density at radius 1 is 1.38 bits per heavy atom. The van der Waals surface area contributed by atoms with E-state index in [0.29, 0.717) is 23.2 Å². The van der Waals surface area contributed by atoms with Gasteiger partial charge >= 0.3 is 5.97 Å². The first kappa shape index (κ1) is 20.1. The third kappa shape index (κ3) is 6.62. The molecule has 0 saturated heterocycles. The first-order valence-electron chi connectivity index (χ1n) is 9.36. The Morgan fingerprint density at radius 3 is 2.77 bits per heavy atom. The maximum atomic E-state index is 11.9. The summed E-state index contributed by atoms with van der Waals surface area (Å²) in [5.74, 6) is 1.30. The molecule has 5 heteroatoms. The SMILES string of the molecule is C=C(Cc1nc(CCC2=CCC(CCC)C=C2)no1)C(=O)OC(C)(C)C. The molecule has 0 aliphatic heterocycles. The lowest BCUT2D eigenvalue weighted by atomic mass is 9.91. The highest BCUT2D eigenvalue weighted by Crippen LogP contribution is 2.23. The largest absolute Gasteiger partial charge is 0.457 e. The molecule has 0 fully saturated rings. The number of hydrogen-bond acceptors (Lipinski definition) is 5. The molecule has 1 aromatic rings. The first-order valence-corrected chi connectivity index (χ1v) is 9.36. The number of rotatable bonds is 8. The summed E-state index contributed by atoms with van der Waals surface area (Å²) in [4.78, 5) is 16.3. The van der Waals surface area contributed by atoms with E-state index in [2.05, 4.69) is 41.9 Å². The lowest BCUT2D eigenvalue weighted by molar-refractivity contribution is -0.150. The number of allylic oxidation sites excluding steroid dienone is 4. The first-order chi connectivity index (χ1) is 12.3. The quantitative estimate of drug-likeness (QED) is 0.496. The summed E-state index contributed by atoms with van der Waals surface area (Å²) in [5, 5.41) is 4.00. The highest BCUT2D eigenvalue weighted by atomic mass is 16.6. The van der Waals surface area contributed by atoms with Gasteiger partial charge in [-0.05, 0) is 46.0 Å². The van der Waals surface area contributed by atoms with Gasteiger partial charge in [-0.3, -0.25) is 0 Å². The molecule has 1 unspecified atom stereocenters. The van der Waals surface area contributed by atoms with Crippen LogP contribution in [0.2, 0.25) is 0 Å². The van der Waals surface area contributed by atoms with Crippen LogP contribution in [0.3, 0.4) is 0 Å². The molecule has 1 aliphatic carbocycles. The summed E-state index contributed by atoms with van der Waals surface area (Å²) >= 11 is 0. The van der Waals surface area contributed by atoms with Gasteiger partial charge in [0.15, 0.2) is 5.82 Å². The van der Waals surface area contributed by atoms with Crippen molar-refractivity contribution >= 4 is 5.97 Å². The summed E-state index contributed by atoms with van der Waals surface area (Å²) < 4.78 is 10.5. The van der Waals surface area contributed by atoms with Gasteiger partial charge in [-0.2, -0.15) is 4.98 Å². The van der Waals surface area contributed by atoms with Crippen LogP contribution in [0.5, 0.6) is 0 Å². The molecule has 0 saturated carbocycles. The van der Waals surface area contributed by atoms with E-state index >= 15 is 0 Å². The van der Waals surface area contributed by atoms with Gasteiger partial charge < -0.3 is 9.26 Å². The Morgan fingerprint density at radius 2 is 2.15 bits per heavy atom. The predicted molar refractivity (Wildman–Crippen MR) is 102 cm³/mol. The molecule has 1 heterocycles. The third-order valence-corrected chi connectivity index (χ3v) is 4.12. The lowest BCUT2D eigenvalue weighted by Crippen LogP contribution is -2.25. The molecule has 142 valence electrons. The number of aromatic nitrogens is 2. The fourth-order valence-electron chi connectivity index (χ4n) is 2.80. The van der Waals surface area contributed by atoms with Gasteiger partial charge in [0.2, 0.25) is 5.89 Å². The van der Waals surface area contributed by atoms with Crippen LogP contribution in [0.25, 0.3) is 0 Å². The monoisotopic (exact) mass is 358 g/mol. The molecule has 0 amide bonds. The summed E-state index contributed by atoms with van der Waals surface area (Å²) in [6, 6.07) is 0. The standard InChI is InChI=1S/C21H30N2O3/c1-6-7-16-8-10-17(11-9-16)12-13-18-22-19(26-23-18)14-15(2)20(24)25-21(3,4)5/h8,10-11,16H,2,6-7,9,12-14H2,1,3-5H3. The van der Waals surface area contributed by atoms with Gasteiger partial charge in [0, 0.05) is 12.0 Å². The number of esters is 1. The highest BCUT2D eigenvalue weighted by molar-refractivity contribution is 5.88. The molecule has 0 radical (unpaired) electrons. The van der Waals surface area contributed by atoms with Crippen LogP contribution >= 0.6 is 0 Å². The maximum Gasteiger partial charge on any atom is 0.334 e. The molecular formula is C21H30N2O3. The van der Waals surface area contributed by atoms with Gasteiger partial charge in [0.25, 0.3) is 0 Å². The topological polar surface area (TPSA) is 65.2 Å². The van der Waals surface area contributed by atoms with Crippen LogP contribution in [0, 0.1) is 5.92 Å². The van der Waals surface area contributed by atoms with E-state index in [0.717, 1.165) is 19.3 Å².